The third-order valence-electron chi connectivity index (χ3n) is 3.95. The van der Waals surface area contributed by atoms with Gasteiger partial charge in [-0.25, -0.2) is 8.42 Å². The van der Waals surface area contributed by atoms with Crippen LogP contribution in [0.2, 0.25) is 0 Å². The fourth-order valence-electron chi connectivity index (χ4n) is 2.53. The molecule has 4 nitrogen and oxygen atoms in total. The van der Waals surface area contributed by atoms with Crippen LogP contribution in [0.4, 0.5) is 13.2 Å². The summed E-state index contributed by atoms with van der Waals surface area (Å²) in [4.78, 5) is 0. The zero-order chi connectivity index (χ0) is 17.1. The molecule has 1 aromatic rings. The molecule has 130 valence electrons. The first-order valence-corrected chi connectivity index (χ1v) is 9.28. The molecule has 23 heavy (non-hydrogen) atoms. The Balaban J connectivity index is 2.13. The molecule has 0 amide bonds. The van der Waals surface area contributed by atoms with Crippen LogP contribution in [-0.4, -0.2) is 39.1 Å². The van der Waals surface area contributed by atoms with Gasteiger partial charge >= 0.3 is 6.18 Å². The van der Waals surface area contributed by atoms with Crippen LogP contribution in [0, 0.1) is 5.92 Å². The van der Waals surface area contributed by atoms with Crippen molar-refractivity contribution in [3.05, 3.63) is 29.8 Å². The van der Waals surface area contributed by atoms with Gasteiger partial charge in [-0.2, -0.15) is 13.2 Å². The summed E-state index contributed by atoms with van der Waals surface area (Å²) >= 11 is 0. The first-order chi connectivity index (χ1) is 10.7. The third-order valence-corrected chi connectivity index (χ3v) is 5.67. The van der Waals surface area contributed by atoms with E-state index < -0.39 is 27.7 Å². The number of ether oxygens (including phenoxy) is 1. The van der Waals surface area contributed by atoms with E-state index in [1.807, 2.05) is 0 Å². The molecule has 0 spiro atoms. The lowest BCUT2D eigenvalue weighted by molar-refractivity contribution is -0.137. The van der Waals surface area contributed by atoms with Gasteiger partial charge in [0.15, 0.2) is 9.84 Å². The SMILES string of the molecule is CCS(=O)(=O)CC(Oc1ccc(C(F)(F)F)cc1)[C@H]1CCNC1. The lowest BCUT2D eigenvalue weighted by atomic mass is 10.0. The number of benzene rings is 1. The van der Waals surface area contributed by atoms with Crippen LogP contribution in [0.3, 0.4) is 0 Å². The Bertz CT molecular complexity index is 608. The highest BCUT2D eigenvalue weighted by Gasteiger charge is 2.32. The van der Waals surface area contributed by atoms with E-state index in [1.54, 1.807) is 6.92 Å². The molecule has 1 fully saturated rings. The topological polar surface area (TPSA) is 55.4 Å². The maximum atomic E-state index is 12.6. The summed E-state index contributed by atoms with van der Waals surface area (Å²) in [6.45, 7) is 2.99. The van der Waals surface area contributed by atoms with E-state index in [9.17, 15) is 21.6 Å². The summed E-state index contributed by atoms with van der Waals surface area (Å²) in [6, 6.07) is 4.34. The van der Waals surface area contributed by atoms with E-state index in [1.165, 1.54) is 12.1 Å². The molecule has 0 saturated carbocycles. The van der Waals surface area contributed by atoms with E-state index in [0.29, 0.717) is 6.54 Å². The minimum Gasteiger partial charge on any atom is -0.489 e. The molecule has 1 heterocycles. The van der Waals surface area contributed by atoms with Gasteiger partial charge in [0.2, 0.25) is 0 Å². The summed E-state index contributed by atoms with van der Waals surface area (Å²) in [5.41, 5.74) is -0.759. The molecular weight excluding hydrogens is 331 g/mol. The molecular formula is C15H20F3NO3S. The molecule has 1 aliphatic heterocycles. The van der Waals surface area contributed by atoms with E-state index in [-0.39, 0.29) is 23.2 Å². The van der Waals surface area contributed by atoms with E-state index in [2.05, 4.69) is 5.32 Å². The van der Waals surface area contributed by atoms with Crippen molar-refractivity contribution in [2.75, 3.05) is 24.6 Å². The lowest BCUT2D eigenvalue weighted by Gasteiger charge is -2.24. The Morgan fingerprint density at radius 1 is 1.30 bits per heavy atom. The minimum absolute atomic E-state index is 0.0139. The molecule has 0 radical (unpaired) electrons. The normalized spacial score (nSPS) is 20.4. The van der Waals surface area contributed by atoms with Gasteiger partial charge < -0.3 is 10.1 Å². The fraction of sp³-hybridized carbons (Fsp3) is 0.600. The standard InChI is InChI=1S/C15H20F3NO3S/c1-2-23(20,21)10-14(11-7-8-19-9-11)22-13-5-3-12(4-6-13)15(16,17)18/h3-6,11,14,19H,2,7-10H2,1H3/t11-,14?/m0/s1. The van der Waals surface area contributed by atoms with Crippen molar-refractivity contribution in [3.8, 4) is 5.75 Å². The summed E-state index contributed by atoms with van der Waals surface area (Å²) < 4.78 is 67.2. The average Bonchev–Trinajstić information content (AvgIpc) is 3.00. The van der Waals surface area contributed by atoms with Crippen molar-refractivity contribution in [2.45, 2.75) is 25.6 Å². The summed E-state index contributed by atoms with van der Waals surface area (Å²) in [5.74, 6) is 0.163. The number of sulfone groups is 1. The Labute approximate surface area is 133 Å². The summed E-state index contributed by atoms with van der Waals surface area (Å²) in [5, 5.41) is 3.15. The molecule has 0 bridgehead atoms. The third kappa shape index (κ3) is 5.10. The van der Waals surface area contributed by atoms with Gasteiger partial charge in [0.05, 0.1) is 11.3 Å². The maximum absolute atomic E-state index is 12.6. The first kappa shape index (κ1) is 18.1. The van der Waals surface area contributed by atoms with E-state index in [0.717, 1.165) is 25.1 Å². The predicted molar refractivity (Wildman–Crippen MR) is 81.2 cm³/mol. The van der Waals surface area contributed by atoms with Gasteiger partial charge in [0, 0.05) is 18.2 Å². The number of nitrogens with one attached hydrogen (secondary N) is 1. The number of alkyl halides is 3. The van der Waals surface area contributed by atoms with Gasteiger partial charge in [-0.05, 0) is 37.2 Å². The maximum Gasteiger partial charge on any atom is 0.416 e. The van der Waals surface area contributed by atoms with Crippen LogP contribution in [0.25, 0.3) is 0 Å². The average molecular weight is 351 g/mol. The van der Waals surface area contributed by atoms with Gasteiger partial charge in [0.1, 0.15) is 11.9 Å². The summed E-state index contributed by atoms with van der Waals surface area (Å²) in [6.07, 6.45) is -4.18. The zero-order valence-electron chi connectivity index (χ0n) is 12.8. The highest BCUT2D eigenvalue weighted by atomic mass is 32.2. The highest BCUT2D eigenvalue weighted by molar-refractivity contribution is 7.91. The molecule has 1 N–H and O–H groups in total. The molecule has 1 aromatic carbocycles. The molecule has 8 heteroatoms. The molecule has 1 saturated heterocycles. The molecule has 2 rings (SSSR count). The zero-order valence-corrected chi connectivity index (χ0v) is 13.6. The minimum atomic E-state index is -4.40. The largest absolute Gasteiger partial charge is 0.489 e. The second kappa shape index (κ2) is 7.09. The molecule has 0 aliphatic carbocycles. The van der Waals surface area contributed by atoms with E-state index in [4.69, 9.17) is 4.74 Å². The van der Waals surface area contributed by atoms with Gasteiger partial charge in [0.25, 0.3) is 0 Å². The molecule has 0 aromatic heterocycles. The Hall–Kier alpha value is -1.28. The molecule has 1 unspecified atom stereocenters. The number of halogens is 3. The van der Waals surface area contributed by atoms with Crippen LogP contribution in [0.5, 0.6) is 5.75 Å². The van der Waals surface area contributed by atoms with Crippen molar-refractivity contribution < 1.29 is 26.3 Å². The highest BCUT2D eigenvalue weighted by Crippen LogP contribution is 2.31. The second-order valence-corrected chi connectivity index (χ2v) is 8.03. The Morgan fingerprint density at radius 2 is 1.96 bits per heavy atom. The van der Waals surface area contributed by atoms with Crippen molar-refractivity contribution in [3.63, 3.8) is 0 Å². The smallest absolute Gasteiger partial charge is 0.416 e. The Kier molecular flexibility index (Phi) is 5.57. The Morgan fingerprint density at radius 3 is 2.43 bits per heavy atom. The van der Waals surface area contributed by atoms with Gasteiger partial charge in [-0.3, -0.25) is 0 Å². The van der Waals surface area contributed by atoms with Crippen molar-refractivity contribution in [1.82, 2.24) is 5.32 Å². The molecule has 2 atom stereocenters. The predicted octanol–water partition coefficient (Wildman–Crippen LogP) is 2.50. The van der Waals surface area contributed by atoms with Crippen molar-refractivity contribution in [1.29, 1.82) is 0 Å². The fourth-order valence-corrected chi connectivity index (χ4v) is 3.60. The number of rotatable bonds is 6. The second-order valence-electron chi connectivity index (χ2n) is 5.63. The van der Waals surface area contributed by atoms with Crippen LogP contribution in [0.15, 0.2) is 24.3 Å². The van der Waals surface area contributed by atoms with Crippen molar-refractivity contribution in [2.24, 2.45) is 5.92 Å². The molecule has 1 aliphatic rings. The van der Waals surface area contributed by atoms with Crippen LogP contribution < -0.4 is 10.1 Å². The van der Waals surface area contributed by atoms with Crippen LogP contribution in [-0.2, 0) is 16.0 Å². The summed E-state index contributed by atoms with van der Waals surface area (Å²) in [7, 11) is -3.24. The monoisotopic (exact) mass is 351 g/mol. The first-order valence-electron chi connectivity index (χ1n) is 7.46. The van der Waals surface area contributed by atoms with Crippen LogP contribution >= 0.6 is 0 Å². The number of hydrogen-bond acceptors (Lipinski definition) is 4. The van der Waals surface area contributed by atoms with Gasteiger partial charge in [-0.15, -0.1) is 0 Å². The van der Waals surface area contributed by atoms with E-state index >= 15 is 0 Å². The lowest BCUT2D eigenvalue weighted by Crippen LogP contribution is -2.36. The quantitative estimate of drug-likeness (QED) is 0.856. The number of hydrogen-bond donors (Lipinski definition) is 1. The van der Waals surface area contributed by atoms with Gasteiger partial charge in [-0.1, -0.05) is 6.92 Å². The van der Waals surface area contributed by atoms with Crippen LogP contribution in [0.1, 0.15) is 18.9 Å². The van der Waals surface area contributed by atoms with Crippen molar-refractivity contribution >= 4 is 9.84 Å².